The molecular formula is C16H23N7O. The molecule has 1 aliphatic heterocycles. The van der Waals surface area contributed by atoms with Crippen LogP contribution in [0, 0.1) is 0 Å². The number of rotatable bonds is 5. The van der Waals surface area contributed by atoms with E-state index in [1.165, 1.54) is 0 Å². The van der Waals surface area contributed by atoms with Gasteiger partial charge in [-0.25, -0.2) is 0 Å². The number of tetrazole rings is 1. The number of carbonyl (C=O) groups excluding carboxylic acids is 1. The Balaban J connectivity index is 1.74. The zero-order valence-electron chi connectivity index (χ0n) is 14.0. The standard InChI is InChI=1S/C16H23N7O/c1-3-14(15(24)22-10-9-17-12(2)11-22)18-16-19-20-21-23(16)13-7-5-4-6-8-13/h4-8,12,14,17H,3,9-11H2,1-2H3,(H,18,19,21)/t12-,14+/m0/s1. The first-order valence-electron chi connectivity index (χ1n) is 8.31. The first-order chi connectivity index (χ1) is 11.7. The zero-order chi connectivity index (χ0) is 16.9. The van der Waals surface area contributed by atoms with Crippen LogP contribution in [0.3, 0.4) is 0 Å². The summed E-state index contributed by atoms with van der Waals surface area (Å²) in [5, 5.41) is 18.3. The van der Waals surface area contributed by atoms with Crippen molar-refractivity contribution in [3.63, 3.8) is 0 Å². The van der Waals surface area contributed by atoms with E-state index in [4.69, 9.17) is 0 Å². The van der Waals surface area contributed by atoms with Crippen LogP contribution < -0.4 is 10.6 Å². The van der Waals surface area contributed by atoms with E-state index >= 15 is 0 Å². The maximum Gasteiger partial charge on any atom is 0.248 e. The number of nitrogens with zero attached hydrogens (tertiary/aromatic N) is 5. The average Bonchev–Trinajstić information content (AvgIpc) is 3.08. The van der Waals surface area contributed by atoms with Crippen LogP contribution in [0.1, 0.15) is 20.3 Å². The number of piperazine rings is 1. The molecule has 2 aromatic rings. The molecule has 8 nitrogen and oxygen atoms in total. The van der Waals surface area contributed by atoms with Gasteiger partial charge in [-0.2, -0.15) is 4.68 Å². The van der Waals surface area contributed by atoms with Crippen molar-refractivity contribution in [2.75, 3.05) is 25.0 Å². The smallest absolute Gasteiger partial charge is 0.248 e. The summed E-state index contributed by atoms with van der Waals surface area (Å²) in [6.45, 7) is 6.35. The Morgan fingerprint density at radius 2 is 2.21 bits per heavy atom. The van der Waals surface area contributed by atoms with Crippen molar-refractivity contribution < 1.29 is 4.79 Å². The van der Waals surface area contributed by atoms with Gasteiger partial charge in [0.25, 0.3) is 0 Å². The molecule has 0 aliphatic carbocycles. The fourth-order valence-corrected chi connectivity index (χ4v) is 2.87. The zero-order valence-corrected chi connectivity index (χ0v) is 14.0. The van der Waals surface area contributed by atoms with Crippen LogP contribution >= 0.6 is 0 Å². The van der Waals surface area contributed by atoms with Crippen molar-refractivity contribution in [2.45, 2.75) is 32.4 Å². The van der Waals surface area contributed by atoms with Crippen molar-refractivity contribution in [3.05, 3.63) is 30.3 Å². The molecule has 1 saturated heterocycles. The number of nitrogens with one attached hydrogen (secondary N) is 2. The molecule has 0 unspecified atom stereocenters. The number of para-hydroxylation sites is 1. The minimum Gasteiger partial charge on any atom is -0.341 e. The molecule has 2 heterocycles. The van der Waals surface area contributed by atoms with Crippen LogP contribution in [0.2, 0.25) is 0 Å². The maximum absolute atomic E-state index is 12.8. The summed E-state index contributed by atoms with van der Waals surface area (Å²) in [7, 11) is 0. The maximum atomic E-state index is 12.8. The molecule has 24 heavy (non-hydrogen) atoms. The van der Waals surface area contributed by atoms with Crippen molar-refractivity contribution in [1.29, 1.82) is 0 Å². The highest BCUT2D eigenvalue weighted by Crippen LogP contribution is 2.14. The number of hydrogen-bond acceptors (Lipinski definition) is 6. The highest BCUT2D eigenvalue weighted by atomic mass is 16.2. The molecule has 3 rings (SSSR count). The van der Waals surface area contributed by atoms with Crippen LogP contribution in [0.25, 0.3) is 5.69 Å². The van der Waals surface area contributed by atoms with E-state index in [0.29, 0.717) is 18.4 Å². The largest absolute Gasteiger partial charge is 0.341 e. The molecule has 8 heteroatoms. The Bertz CT molecular complexity index is 672. The second-order valence-electron chi connectivity index (χ2n) is 5.99. The third-order valence-electron chi connectivity index (χ3n) is 4.16. The van der Waals surface area contributed by atoms with E-state index in [-0.39, 0.29) is 11.9 Å². The van der Waals surface area contributed by atoms with Gasteiger partial charge in [0.1, 0.15) is 6.04 Å². The van der Waals surface area contributed by atoms with Gasteiger partial charge in [-0.05, 0) is 35.9 Å². The topological polar surface area (TPSA) is 88.0 Å². The summed E-state index contributed by atoms with van der Waals surface area (Å²) in [5.74, 6) is 0.568. The molecule has 2 N–H and O–H groups in total. The fraction of sp³-hybridized carbons (Fsp3) is 0.500. The second kappa shape index (κ2) is 7.39. The van der Waals surface area contributed by atoms with Gasteiger partial charge in [-0.15, -0.1) is 0 Å². The van der Waals surface area contributed by atoms with Gasteiger partial charge < -0.3 is 15.5 Å². The van der Waals surface area contributed by atoms with Gasteiger partial charge in [-0.3, -0.25) is 4.79 Å². The Kier molecular flexibility index (Phi) is 5.05. The first-order valence-corrected chi connectivity index (χ1v) is 8.31. The van der Waals surface area contributed by atoms with Crippen LogP contribution in [0.5, 0.6) is 0 Å². The molecule has 0 bridgehead atoms. The molecule has 2 atom stereocenters. The lowest BCUT2D eigenvalue weighted by molar-refractivity contribution is -0.133. The molecular weight excluding hydrogens is 306 g/mol. The molecule has 1 fully saturated rings. The number of amides is 1. The van der Waals surface area contributed by atoms with Crippen molar-refractivity contribution in [1.82, 2.24) is 30.4 Å². The highest BCUT2D eigenvalue weighted by molar-refractivity contribution is 5.84. The molecule has 0 spiro atoms. The normalized spacial score (nSPS) is 19.1. The predicted molar refractivity (Wildman–Crippen MR) is 90.9 cm³/mol. The van der Waals surface area contributed by atoms with Gasteiger partial charge in [-0.1, -0.05) is 30.2 Å². The SMILES string of the molecule is CC[C@@H](Nc1nnnn1-c1ccccc1)C(=O)N1CCN[C@@H](C)C1. The predicted octanol–water partition coefficient (Wildman–Crippen LogP) is 0.673. The van der Waals surface area contributed by atoms with Gasteiger partial charge in [0.05, 0.1) is 5.69 Å². The summed E-state index contributed by atoms with van der Waals surface area (Å²) in [5.41, 5.74) is 0.850. The Hall–Kier alpha value is -2.48. The van der Waals surface area contributed by atoms with E-state index in [2.05, 4.69) is 33.1 Å². The van der Waals surface area contributed by atoms with Gasteiger partial charge in [0.15, 0.2) is 0 Å². The summed E-state index contributed by atoms with van der Waals surface area (Å²) in [6, 6.07) is 9.59. The van der Waals surface area contributed by atoms with E-state index in [0.717, 1.165) is 25.3 Å². The molecule has 1 aromatic carbocycles. The molecule has 128 valence electrons. The minimum absolute atomic E-state index is 0.0912. The Morgan fingerprint density at radius 3 is 2.92 bits per heavy atom. The molecule has 0 saturated carbocycles. The number of hydrogen-bond donors (Lipinski definition) is 2. The Labute approximate surface area is 141 Å². The summed E-state index contributed by atoms with van der Waals surface area (Å²) in [4.78, 5) is 14.7. The van der Waals surface area contributed by atoms with Crippen molar-refractivity contribution in [2.24, 2.45) is 0 Å². The van der Waals surface area contributed by atoms with Crippen molar-refractivity contribution in [3.8, 4) is 5.69 Å². The minimum atomic E-state index is -0.344. The van der Waals surface area contributed by atoms with Gasteiger partial charge in [0, 0.05) is 25.7 Å². The fourth-order valence-electron chi connectivity index (χ4n) is 2.87. The van der Waals surface area contributed by atoms with E-state index in [1.54, 1.807) is 4.68 Å². The number of benzene rings is 1. The van der Waals surface area contributed by atoms with Crippen LogP contribution in [-0.2, 0) is 4.79 Å². The number of aromatic nitrogens is 4. The monoisotopic (exact) mass is 329 g/mol. The number of carbonyl (C=O) groups is 1. The second-order valence-corrected chi connectivity index (χ2v) is 5.99. The van der Waals surface area contributed by atoms with Crippen LogP contribution in [-0.4, -0.2) is 62.7 Å². The van der Waals surface area contributed by atoms with Crippen molar-refractivity contribution >= 4 is 11.9 Å². The Morgan fingerprint density at radius 1 is 1.42 bits per heavy atom. The lowest BCUT2D eigenvalue weighted by Gasteiger charge is -2.34. The van der Waals surface area contributed by atoms with E-state index in [1.807, 2.05) is 42.2 Å². The summed E-state index contributed by atoms with van der Waals surface area (Å²) < 4.78 is 1.61. The van der Waals surface area contributed by atoms with Gasteiger partial charge in [0.2, 0.25) is 11.9 Å². The lowest BCUT2D eigenvalue weighted by Crippen LogP contribution is -2.54. The molecule has 1 aliphatic rings. The lowest BCUT2D eigenvalue weighted by atomic mass is 10.1. The molecule has 1 aromatic heterocycles. The van der Waals surface area contributed by atoms with Crippen LogP contribution in [0.15, 0.2) is 30.3 Å². The quantitative estimate of drug-likeness (QED) is 0.838. The number of anilines is 1. The van der Waals surface area contributed by atoms with E-state index < -0.39 is 0 Å². The third-order valence-corrected chi connectivity index (χ3v) is 4.16. The molecule has 1 amide bonds. The summed E-state index contributed by atoms with van der Waals surface area (Å²) in [6.07, 6.45) is 0.665. The average molecular weight is 329 g/mol. The third kappa shape index (κ3) is 3.53. The van der Waals surface area contributed by atoms with Gasteiger partial charge >= 0.3 is 0 Å². The highest BCUT2D eigenvalue weighted by Gasteiger charge is 2.27. The molecule has 0 radical (unpaired) electrons. The van der Waals surface area contributed by atoms with Crippen LogP contribution in [0.4, 0.5) is 5.95 Å². The first kappa shape index (κ1) is 16.4. The summed E-state index contributed by atoms with van der Waals surface area (Å²) >= 11 is 0. The van der Waals surface area contributed by atoms with E-state index in [9.17, 15) is 4.79 Å².